The lowest BCUT2D eigenvalue weighted by atomic mass is 10.4. The molecule has 3 aromatic rings. The second-order valence-electron chi connectivity index (χ2n) is 4.42. The molecule has 0 N–H and O–H groups in total. The summed E-state index contributed by atoms with van der Waals surface area (Å²) in [6.07, 6.45) is -3.42. The fourth-order valence-electron chi connectivity index (χ4n) is 1.67. The maximum atomic E-state index is 12.6. The lowest BCUT2D eigenvalue weighted by Crippen LogP contribution is -2.09. The fourth-order valence-corrected chi connectivity index (χ4v) is 3.10. The van der Waals surface area contributed by atoms with E-state index in [-0.39, 0.29) is 10.4 Å². The van der Waals surface area contributed by atoms with Gasteiger partial charge in [-0.2, -0.15) is 18.2 Å². The van der Waals surface area contributed by atoms with Crippen LogP contribution in [0.2, 0.25) is 0 Å². The molecule has 1 unspecified atom stereocenters. The first-order valence-electron chi connectivity index (χ1n) is 6.38. The van der Waals surface area contributed by atoms with Gasteiger partial charge in [-0.15, -0.1) is 11.3 Å². The predicted molar refractivity (Wildman–Crippen MR) is 78.9 cm³/mol. The lowest BCUT2D eigenvalue weighted by molar-refractivity contribution is -0.141. The normalized spacial score (nSPS) is 13.2. The summed E-state index contributed by atoms with van der Waals surface area (Å²) in [6, 6.07) is 4.55. The van der Waals surface area contributed by atoms with Gasteiger partial charge in [0, 0.05) is 6.20 Å². The quantitative estimate of drug-likeness (QED) is 0.507. The van der Waals surface area contributed by atoms with Gasteiger partial charge in [-0.05, 0) is 24.4 Å². The summed E-state index contributed by atoms with van der Waals surface area (Å²) in [7, 11) is 0. The van der Waals surface area contributed by atoms with E-state index in [1.165, 1.54) is 11.3 Å². The van der Waals surface area contributed by atoms with Gasteiger partial charge in [0.05, 0.1) is 10.1 Å². The van der Waals surface area contributed by atoms with Gasteiger partial charge in [0.1, 0.15) is 5.69 Å². The zero-order valence-corrected chi connectivity index (χ0v) is 13.2. The summed E-state index contributed by atoms with van der Waals surface area (Å²) in [5, 5.41) is 5.38. The van der Waals surface area contributed by atoms with Gasteiger partial charge in [0.15, 0.2) is 5.16 Å². The smallest absolute Gasteiger partial charge is 0.338 e. The molecule has 5 nitrogen and oxygen atoms in total. The minimum Gasteiger partial charge on any atom is -0.338 e. The third kappa shape index (κ3) is 3.70. The topological polar surface area (TPSA) is 64.7 Å². The molecule has 0 aliphatic rings. The number of halogens is 3. The highest BCUT2D eigenvalue weighted by molar-refractivity contribution is 7.99. The monoisotopic (exact) mass is 358 g/mol. The largest absolute Gasteiger partial charge is 0.433 e. The van der Waals surface area contributed by atoms with E-state index in [1.807, 2.05) is 17.5 Å². The Balaban J connectivity index is 1.76. The zero-order valence-electron chi connectivity index (χ0n) is 11.6. The minimum absolute atomic E-state index is 0.00296. The highest BCUT2D eigenvalue weighted by Crippen LogP contribution is 2.35. The Morgan fingerprint density at radius 3 is 2.78 bits per heavy atom. The molecule has 1 atom stereocenters. The van der Waals surface area contributed by atoms with Crippen LogP contribution in [0, 0.1) is 0 Å². The fraction of sp³-hybridized carbons (Fsp3) is 0.231. The number of aromatic nitrogens is 4. The Morgan fingerprint density at radius 2 is 2.09 bits per heavy atom. The van der Waals surface area contributed by atoms with Crippen LogP contribution in [0.3, 0.4) is 0 Å². The number of thioether (sulfide) groups is 1. The first-order chi connectivity index (χ1) is 10.9. The number of thiophene rings is 1. The summed E-state index contributed by atoms with van der Waals surface area (Å²) in [5.74, 6) is 0.756. The average molecular weight is 358 g/mol. The van der Waals surface area contributed by atoms with Crippen LogP contribution < -0.4 is 0 Å². The molecule has 0 bridgehead atoms. The third-order valence-corrected chi connectivity index (χ3v) is 4.57. The average Bonchev–Trinajstić information content (AvgIpc) is 3.18. The second kappa shape index (κ2) is 6.28. The highest BCUT2D eigenvalue weighted by Gasteiger charge is 2.33. The Hall–Kier alpha value is -1.94. The van der Waals surface area contributed by atoms with Crippen molar-refractivity contribution in [2.24, 2.45) is 0 Å². The van der Waals surface area contributed by atoms with Crippen molar-refractivity contribution < 1.29 is 17.7 Å². The Labute approximate surface area is 137 Å². The number of hydrogen-bond acceptors (Lipinski definition) is 7. The molecule has 3 aromatic heterocycles. The third-order valence-electron chi connectivity index (χ3n) is 2.74. The molecule has 120 valence electrons. The molecule has 0 amide bonds. The summed E-state index contributed by atoms with van der Waals surface area (Å²) < 4.78 is 43.1. The van der Waals surface area contributed by atoms with Crippen molar-refractivity contribution in [3.63, 3.8) is 0 Å². The zero-order chi connectivity index (χ0) is 16.4. The highest BCUT2D eigenvalue weighted by atomic mass is 32.2. The van der Waals surface area contributed by atoms with Gasteiger partial charge in [0.2, 0.25) is 11.7 Å². The van der Waals surface area contributed by atoms with Gasteiger partial charge in [-0.3, -0.25) is 0 Å². The van der Waals surface area contributed by atoms with Crippen LogP contribution in [0.5, 0.6) is 0 Å². The van der Waals surface area contributed by atoms with E-state index in [0.717, 1.165) is 28.9 Å². The van der Waals surface area contributed by atoms with Crippen LogP contribution in [0.25, 0.3) is 10.7 Å². The van der Waals surface area contributed by atoms with Crippen molar-refractivity contribution in [1.82, 2.24) is 20.1 Å². The van der Waals surface area contributed by atoms with Gasteiger partial charge in [-0.25, -0.2) is 9.97 Å². The summed E-state index contributed by atoms with van der Waals surface area (Å²) >= 11 is 2.49. The predicted octanol–water partition coefficient (Wildman–Crippen LogP) is 4.46. The van der Waals surface area contributed by atoms with E-state index in [2.05, 4.69) is 20.1 Å². The molecule has 0 radical (unpaired) electrons. The SMILES string of the molecule is CC(Sc1nccc(C(F)(F)F)n1)c1nc(-c2cccs2)no1. The van der Waals surface area contributed by atoms with Crippen molar-refractivity contribution in [1.29, 1.82) is 0 Å². The maximum absolute atomic E-state index is 12.6. The number of alkyl halides is 3. The summed E-state index contributed by atoms with van der Waals surface area (Å²) in [4.78, 5) is 12.5. The van der Waals surface area contributed by atoms with Crippen LogP contribution >= 0.6 is 23.1 Å². The molecule has 0 aliphatic heterocycles. The summed E-state index contributed by atoms with van der Waals surface area (Å²) in [5.41, 5.74) is -0.980. The molecular weight excluding hydrogens is 349 g/mol. The van der Waals surface area contributed by atoms with E-state index in [1.54, 1.807) is 6.92 Å². The molecule has 0 saturated heterocycles. The van der Waals surface area contributed by atoms with Crippen LogP contribution in [0.1, 0.15) is 23.8 Å². The van der Waals surface area contributed by atoms with E-state index >= 15 is 0 Å². The van der Waals surface area contributed by atoms with Crippen molar-refractivity contribution in [3.8, 4) is 10.7 Å². The number of rotatable bonds is 4. The molecule has 0 spiro atoms. The number of nitrogens with zero attached hydrogens (tertiary/aromatic N) is 4. The molecule has 0 saturated carbocycles. The molecule has 0 aliphatic carbocycles. The second-order valence-corrected chi connectivity index (χ2v) is 6.67. The first-order valence-corrected chi connectivity index (χ1v) is 8.14. The lowest BCUT2D eigenvalue weighted by Gasteiger charge is -2.08. The van der Waals surface area contributed by atoms with Crippen molar-refractivity contribution in [3.05, 3.63) is 41.4 Å². The molecule has 3 heterocycles. The van der Waals surface area contributed by atoms with Crippen LogP contribution in [-0.4, -0.2) is 20.1 Å². The van der Waals surface area contributed by atoms with Gasteiger partial charge in [-0.1, -0.05) is 23.0 Å². The van der Waals surface area contributed by atoms with Crippen LogP contribution in [-0.2, 0) is 6.18 Å². The van der Waals surface area contributed by atoms with Crippen LogP contribution in [0.15, 0.2) is 39.5 Å². The molecule has 0 fully saturated rings. The summed E-state index contributed by atoms with van der Waals surface area (Å²) in [6.45, 7) is 1.74. The molecule has 23 heavy (non-hydrogen) atoms. The van der Waals surface area contributed by atoms with Crippen molar-refractivity contribution in [2.75, 3.05) is 0 Å². The number of hydrogen-bond donors (Lipinski definition) is 0. The molecule has 3 rings (SSSR count). The van der Waals surface area contributed by atoms with E-state index in [4.69, 9.17) is 4.52 Å². The maximum Gasteiger partial charge on any atom is 0.433 e. The first kappa shape index (κ1) is 15.9. The Bertz CT molecular complexity index is 789. The molecule has 10 heteroatoms. The van der Waals surface area contributed by atoms with E-state index < -0.39 is 11.9 Å². The molecule has 0 aromatic carbocycles. The minimum atomic E-state index is -4.50. The van der Waals surface area contributed by atoms with Gasteiger partial charge >= 0.3 is 6.18 Å². The Morgan fingerprint density at radius 1 is 1.26 bits per heavy atom. The van der Waals surface area contributed by atoms with Crippen molar-refractivity contribution >= 4 is 23.1 Å². The Kier molecular flexibility index (Phi) is 4.35. The van der Waals surface area contributed by atoms with E-state index in [9.17, 15) is 13.2 Å². The molecular formula is C13H9F3N4OS2. The van der Waals surface area contributed by atoms with Gasteiger partial charge in [0.25, 0.3) is 0 Å². The van der Waals surface area contributed by atoms with Crippen LogP contribution in [0.4, 0.5) is 13.2 Å². The standard InChI is InChI=1S/C13H9F3N4OS2/c1-7(11-19-10(20-21-11)8-3-2-6-22-8)23-12-17-5-4-9(18-12)13(14,15)16/h2-7H,1H3. The van der Waals surface area contributed by atoms with E-state index in [0.29, 0.717) is 11.7 Å². The van der Waals surface area contributed by atoms with Gasteiger partial charge < -0.3 is 4.52 Å². The van der Waals surface area contributed by atoms with Crippen molar-refractivity contribution in [2.45, 2.75) is 23.5 Å².